The fraction of sp³-hybridized carbons (Fsp3) is 0.500. The number of pyridine rings is 1. The van der Waals surface area contributed by atoms with E-state index < -0.39 is 0 Å². The summed E-state index contributed by atoms with van der Waals surface area (Å²) in [6.07, 6.45) is 5.01. The number of nitrogen functional groups attached to an aromatic ring is 1. The predicted molar refractivity (Wildman–Crippen MR) is 75.4 cm³/mol. The molecule has 2 aromatic rings. The van der Waals surface area contributed by atoms with Crippen molar-refractivity contribution in [1.82, 2.24) is 14.5 Å². The summed E-state index contributed by atoms with van der Waals surface area (Å²) in [5, 5.41) is 0. The van der Waals surface area contributed by atoms with Crippen LogP contribution in [0, 0.1) is 0 Å². The van der Waals surface area contributed by atoms with E-state index in [0.717, 1.165) is 48.1 Å². The Morgan fingerprint density at radius 1 is 1.39 bits per heavy atom. The molecule has 5 nitrogen and oxygen atoms in total. The van der Waals surface area contributed by atoms with Crippen LogP contribution in [0.3, 0.4) is 0 Å². The van der Waals surface area contributed by atoms with Crippen molar-refractivity contribution in [3.63, 3.8) is 0 Å². The predicted octanol–water partition coefficient (Wildman–Crippen LogP) is 2.59. The maximum Gasteiger partial charge on any atom is 0.202 e. The molecule has 0 aliphatic rings. The van der Waals surface area contributed by atoms with Crippen LogP contribution >= 0.6 is 15.9 Å². The zero-order valence-corrected chi connectivity index (χ0v) is 12.0. The number of rotatable bonds is 6. The lowest BCUT2D eigenvalue weighted by molar-refractivity contribution is 0.191. The van der Waals surface area contributed by atoms with E-state index in [9.17, 15) is 0 Å². The first-order valence-corrected chi connectivity index (χ1v) is 6.78. The van der Waals surface area contributed by atoms with Gasteiger partial charge in [0.1, 0.15) is 5.52 Å². The lowest BCUT2D eigenvalue weighted by atomic mass is 10.2. The minimum Gasteiger partial charge on any atom is -0.385 e. The van der Waals surface area contributed by atoms with E-state index in [4.69, 9.17) is 10.5 Å². The molecule has 0 aliphatic heterocycles. The molecule has 0 atom stereocenters. The first-order valence-electron chi connectivity index (χ1n) is 5.98. The van der Waals surface area contributed by atoms with E-state index in [1.54, 1.807) is 13.3 Å². The Kier molecular flexibility index (Phi) is 4.54. The highest BCUT2D eigenvalue weighted by molar-refractivity contribution is 9.10. The lowest BCUT2D eigenvalue weighted by Gasteiger charge is -2.05. The zero-order chi connectivity index (χ0) is 13.0. The Hall–Kier alpha value is -1.14. The molecular formula is C12H17BrN4O. The number of nitrogens with zero attached hydrogens (tertiary/aromatic N) is 3. The van der Waals surface area contributed by atoms with Gasteiger partial charge in [0, 0.05) is 30.9 Å². The number of aryl methyl sites for hydroxylation is 1. The highest BCUT2D eigenvalue weighted by atomic mass is 79.9. The minimum absolute atomic E-state index is 0.530. The van der Waals surface area contributed by atoms with Crippen LogP contribution in [0.5, 0.6) is 0 Å². The van der Waals surface area contributed by atoms with Crippen LogP contribution < -0.4 is 5.73 Å². The molecule has 2 rings (SSSR count). The number of imidazole rings is 1. The summed E-state index contributed by atoms with van der Waals surface area (Å²) in [4.78, 5) is 8.68. The molecule has 0 aliphatic carbocycles. The smallest absolute Gasteiger partial charge is 0.202 e. The SMILES string of the molecule is COCCCCCn1c(N)nc2cc(Br)cnc21. The number of unbranched alkanes of at least 4 members (excludes halogenated alkanes) is 2. The van der Waals surface area contributed by atoms with Crippen molar-refractivity contribution in [2.45, 2.75) is 25.8 Å². The van der Waals surface area contributed by atoms with Gasteiger partial charge in [-0.2, -0.15) is 0 Å². The van der Waals surface area contributed by atoms with Gasteiger partial charge in [-0.05, 0) is 41.3 Å². The summed E-state index contributed by atoms with van der Waals surface area (Å²) in [5.41, 5.74) is 7.60. The van der Waals surface area contributed by atoms with Crippen molar-refractivity contribution in [3.05, 3.63) is 16.7 Å². The van der Waals surface area contributed by atoms with E-state index in [1.165, 1.54) is 0 Å². The van der Waals surface area contributed by atoms with Crippen molar-refractivity contribution < 1.29 is 4.74 Å². The van der Waals surface area contributed by atoms with Crippen LogP contribution in [0.4, 0.5) is 5.95 Å². The van der Waals surface area contributed by atoms with Gasteiger partial charge in [0.25, 0.3) is 0 Å². The standard InChI is InChI=1S/C12H17BrN4O/c1-18-6-4-2-3-5-17-11-10(16-12(17)14)7-9(13)8-15-11/h7-8H,2-6H2,1H3,(H2,14,16). The third-order valence-corrected chi connectivity index (χ3v) is 3.24. The van der Waals surface area contributed by atoms with Gasteiger partial charge in [-0.3, -0.25) is 4.57 Å². The summed E-state index contributed by atoms with van der Waals surface area (Å²) in [7, 11) is 1.73. The van der Waals surface area contributed by atoms with Gasteiger partial charge in [-0.25, -0.2) is 9.97 Å². The Morgan fingerprint density at radius 3 is 3.00 bits per heavy atom. The maximum atomic E-state index is 5.92. The second-order valence-corrected chi connectivity index (χ2v) is 5.09. The zero-order valence-electron chi connectivity index (χ0n) is 10.4. The van der Waals surface area contributed by atoms with Crippen molar-refractivity contribution in [2.24, 2.45) is 0 Å². The molecule has 2 heterocycles. The van der Waals surface area contributed by atoms with Crippen LogP contribution in [-0.2, 0) is 11.3 Å². The molecule has 0 bridgehead atoms. The highest BCUT2D eigenvalue weighted by Gasteiger charge is 2.09. The Bertz CT molecular complexity index is 526. The molecule has 0 fully saturated rings. The Balaban J connectivity index is 2.05. The molecule has 0 spiro atoms. The number of halogens is 1. The van der Waals surface area contributed by atoms with Crippen molar-refractivity contribution in [1.29, 1.82) is 0 Å². The summed E-state index contributed by atoms with van der Waals surface area (Å²) >= 11 is 3.38. The highest BCUT2D eigenvalue weighted by Crippen LogP contribution is 2.20. The van der Waals surface area contributed by atoms with E-state index in [0.29, 0.717) is 5.95 Å². The number of anilines is 1. The summed E-state index contributed by atoms with van der Waals surface area (Å²) in [6, 6.07) is 1.93. The van der Waals surface area contributed by atoms with Crippen molar-refractivity contribution in [2.75, 3.05) is 19.5 Å². The van der Waals surface area contributed by atoms with E-state index in [-0.39, 0.29) is 0 Å². The summed E-state index contributed by atoms with van der Waals surface area (Å²) < 4.78 is 7.91. The monoisotopic (exact) mass is 312 g/mol. The van der Waals surface area contributed by atoms with Crippen LogP contribution in [0.1, 0.15) is 19.3 Å². The van der Waals surface area contributed by atoms with E-state index in [1.807, 2.05) is 10.6 Å². The summed E-state index contributed by atoms with van der Waals surface area (Å²) in [5.74, 6) is 0.530. The quantitative estimate of drug-likeness (QED) is 0.833. The molecule has 98 valence electrons. The van der Waals surface area contributed by atoms with Crippen LogP contribution in [0.25, 0.3) is 11.2 Å². The number of hydrogen-bond acceptors (Lipinski definition) is 4. The molecule has 0 saturated heterocycles. The molecule has 0 saturated carbocycles. The van der Waals surface area contributed by atoms with Crippen LogP contribution in [-0.4, -0.2) is 28.3 Å². The molecule has 0 aromatic carbocycles. The maximum absolute atomic E-state index is 5.92. The number of methoxy groups -OCH3 is 1. The number of ether oxygens (including phenoxy) is 1. The second kappa shape index (κ2) is 6.15. The molecule has 6 heteroatoms. The number of hydrogen-bond donors (Lipinski definition) is 1. The molecule has 0 amide bonds. The molecule has 0 unspecified atom stereocenters. The largest absolute Gasteiger partial charge is 0.385 e. The van der Waals surface area contributed by atoms with Crippen molar-refractivity contribution >= 4 is 33.0 Å². The topological polar surface area (TPSA) is 66.0 Å². The van der Waals surface area contributed by atoms with Gasteiger partial charge < -0.3 is 10.5 Å². The van der Waals surface area contributed by atoms with Gasteiger partial charge in [-0.1, -0.05) is 0 Å². The van der Waals surface area contributed by atoms with Gasteiger partial charge >= 0.3 is 0 Å². The van der Waals surface area contributed by atoms with E-state index >= 15 is 0 Å². The second-order valence-electron chi connectivity index (χ2n) is 4.17. The first kappa shape index (κ1) is 13.3. The molecular weight excluding hydrogens is 296 g/mol. The van der Waals surface area contributed by atoms with Crippen LogP contribution in [0.15, 0.2) is 16.7 Å². The third-order valence-electron chi connectivity index (χ3n) is 2.81. The lowest BCUT2D eigenvalue weighted by Crippen LogP contribution is -2.04. The molecule has 18 heavy (non-hydrogen) atoms. The fourth-order valence-corrected chi connectivity index (χ4v) is 2.24. The van der Waals surface area contributed by atoms with Crippen molar-refractivity contribution in [3.8, 4) is 0 Å². The summed E-state index contributed by atoms with van der Waals surface area (Å²) in [6.45, 7) is 1.66. The molecule has 2 N–H and O–H groups in total. The first-order chi connectivity index (χ1) is 8.72. The minimum atomic E-state index is 0.530. The van der Waals surface area contributed by atoms with Gasteiger partial charge in [0.2, 0.25) is 5.95 Å². The Morgan fingerprint density at radius 2 is 2.22 bits per heavy atom. The Labute approximate surface area is 114 Å². The van der Waals surface area contributed by atoms with E-state index in [2.05, 4.69) is 25.9 Å². The van der Waals surface area contributed by atoms with Gasteiger partial charge in [0.15, 0.2) is 5.65 Å². The van der Waals surface area contributed by atoms with Gasteiger partial charge in [0.05, 0.1) is 0 Å². The average Bonchev–Trinajstić information content (AvgIpc) is 2.64. The number of fused-ring (bicyclic) bond motifs is 1. The normalized spacial score (nSPS) is 11.2. The fourth-order valence-electron chi connectivity index (χ4n) is 1.92. The average molecular weight is 313 g/mol. The molecule has 0 radical (unpaired) electrons. The number of aromatic nitrogens is 3. The molecule has 2 aromatic heterocycles. The van der Waals surface area contributed by atoms with Crippen LogP contribution in [0.2, 0.25) is 0 Å². The van der Waals surface area contributed by atoms with Gasteiger partial charge in [-0.15, -0.1) is 0 Å². The number of nitrogens with two attached hydrogens (primary N) is 1. The third kappa shape index (κ3) is 3.00.